The van der Waals surface area contributed by atoms with Crippen LogP contribution in [0.4, 0.5) is 0 Å². The molecular weight excluding hydrogens is 432 g/mol. The Morgan fingerprint density at radius 2 is 1.14 bits per heavy atom. The van der Waals surface area contributed by atoms with Crippen LogP contribution < -0.4 is 9.13 Å². The zero-order valence-electron chi connectivity index (χ0n) is 21.9. The van der Waals surface area contributed by atoms with Crippen molar-refractivity contribution in [3.63, 3.8) is 0 Å². The lowest BCUT2D eigenvalue weighted by Crippen LogP contribution is -2.49. The minimum atomic E-state index is -0.338. The molecule has 2 unspecified atom stereocenters. The summed E-state index contributed by atoms with van der Waals surface area (Å²) in [5, 5.41) is 20.5. The fourth-order valence-electron chi connectivity index (χ4n) is 4.25. The standard InChI is InChI=1S/C29H48N2O2.2CH4/c1-28(2,3)22-26(32)12-7-8-13-27(33)23-30-18-14-24(15-19-30)10-9-11-25-16-20-31(21-17-25)29(4,5)6;;/h14-21,26-27,32-33H,7-13,22-23H2,1-6H3;2*1H4/q+2;;. The quantitative estimate of drug-likeness (QED) is 0.277. The Morgan fingerprint density at radius 1 is 0.686 bits per heavy atom. The van der Waals surface area contributed by atoms with Crippen molar-refractivity contribution in [1.29, 1.82) is 0 Å². The van der Waals surface area contributed by atoms with Crippen LogP contribution >= 0.6 is 0 Å². The van der Waals surface area contributed by atoms with E-state index in [1.54, 1.807) is 0 Å². The van der Waals surface area contributed by atoms with Gasteiger partial charge in [-0.2, -0.15) is 0 Å². The van der Waals surface area contributed by atoms with E-state index >= 15 is 0 Å². The summed E-state index contributed by atoms with van der Waals surface area (Å²) in [6.45, 7) is 13.8. The van der Waals surface area contributed by atoms with E-state index in [1.807, 2.05) is 0 Å². The molecule has 0 aliphatic carbocycles. The number of unbranched alkanes of at least 4 members (excludes halogenated alkanes) is 1. The molecule has 2 aromatic rings. The van der Waals surface area contributed by atoms with Crippen LogP contribution in [0.25, 0.3) is 0 Å². The highest BCUT2D eigenvalue weighted by atomic mass is 16.3. The van der Waals surface area contributed by atoms with Crippen LogP contribution in [-0.4, -0.2) is 22.4 Å². The maximum absolute atomic E-state index is 10.4. The fraction of sp³-hybridized carbons (Fsp3) is 0.677. The number of aliphatic hydroxyl groups excluding tert-OH is 2. The van der Waals surface area contributed by atoms with E-state index in [9.17, 15) is 10.2 Å². The van der Waals surface area contributed by atoms with Crippen LogP contribution in [0.5, 0.6) is 0 Å². The van der Waals surface area contributed by atoms with Gasteiger partial charge in [0, 0.05) is 45.0 Å². The van der Waals surface area contributed by atoms with Crippen molar-refractivity contribution in [2.24, 2.45) is 5.41 Å². The average molecular weight is 489 g/mol. The Morgan fingerprint density at radius 3 is 1.60 bits per heavy atom. The molecule has 0 saturated carbocycles. The second kappa shape index (κ2) is 15.4. The minimum absolute atomic E-state index is 0. The number of nitrogens with zero attached hydrogens (tertiary/aromatic N) is 2. The van der Waals surface area contributed by atoms with Gasteiger partial charge in [-0.25, -0.2) is 9.13 Å². The Balaban J connectivity index is 0.00000578. The van der Waals surface area contributed by atoms with Crippen LogP contribution in [0, 0.1) is 5.41 Å². The molecule has 0 saturated heterocycles. The zero-order chi connectivity index (χ0) is 24.5. The second-order valence-corrected chi connectivity index (χ2v) is 11.9. The Kier molecular flexibility index (Phi) is 14.6. The molecule has 35 heavy (non-hydrogen) atoms. The lowest BCUT2D eigenvalue weighted by molar-refractivity contribution is -0.754. The number of pyridine rings is 2. The summed E-state index contributed by atoms with van der Waals surface area (Å²) in [4.78, 5) is 0. The van der Waals surface area contributed by atoms with E-state index in [1.165, 1.54) is 11.1 Å². The molecule has 0 aliphatic rings. The molecule has 0 aliphatic heterocycles. The highest BCUT2D eigenvalue weighted by molar-refractivity contribution is 5.10. The molecular formula is C31H56N2O2+2. The molecule has 0 bridgehead atoms. The van der Waals surface area contributed by atoms with Gasteiger partial charge in [-0.15, -0.1) is 0 Å². The van der Waals surface area contributed by atoms with Crippen molar-refractivity contribution >= 4 is 0 Å². The molecule has 4 nitrogen and oxygen atoms in total. The van der Waals surface area contributed by atoms with Crippen molar-refractivity contribution in [2.75, 3.05) is 0 Å². The van der Waals surface area contributed by atoms with Crippen molar-refractivity contribution in [1.82, 2.24) is 0 Å². The lowest BCUT2D eigenvalue weighted by atomic mass is 9.87. The minimum Gasteiger partial charge on any atom is -0.393 e. The Bertz CT molecular complexity index is 802. The predicted molar refractivity (Wildman–Crippen MR) is 148 cm³/mol. The summed E-state index contributed by atoms with van der Waals surface area (Å²) < 4.78 is 4.32. The monoisotopic (exact) mass is 488 g/mol. The SMILES string of the molecule is C.C.CC(C)(C)CC(O)CCCCC(O)C[n+]1ccc(CCCc2cc[n+](C(C)(C)C)cc2)cc1. The first kappa shape index (κ1) is 33.2. The smallest absolute Gasteiger partial charge is 0.174 e. The number of rotatable bonds is 12. The molecule has 2 aromatic heterocycles. The van der Waals surface area contributed by atoms with Crippen LogP contribution in [0.15, 0.2) is 49.1 Å². The molecule has 0 spiro atoms. The number of hydrogen-bond acceptors (Lipinski definition) is 2. The second-order valence-electron chi connectivity index (χ2n) is 11.9. The van der Waals surface area contributed by atoms with Crippen LogP contribution in [-0.2, 0) is 24.9 Å². The summed E-state index contributed by atoms with van der Waals surface area (Å²) >= 11 is 0. The summed E-state index contributed by atoms with van der Waals surface area (Å²) in [5.74, 6) is 0. The van der Waals surface area contributed by atoms with Crippen molar-refractivity contribution in [3.8, 4) is 0 Å². The molecule has 0 amide bonds. The Labute approximate surface area is 217 Å². The van der Waals surface area contributed by atoms with Crippen molar-refractivity contribution in [3.05, 3.63) is 60.2 Å². The van der Waals surface area contributed by atoms with Gasteiger partial charge in [-0.3, -0.25) is 0 Å². The van der Waals surface area contributed by atoms with E-state index in [0.717, 1.165) is 51.4 Å². The van der Waals surface area contributed by atoms with Gasteiger partial charge in [0.25, 0.3) is 0 Å². The number of aliphatic hydroxyl groups is 2. The third kappa shape index (κ3) is 13.8. The van der Waals surface area contributed by atoms with Gasteiger partial charge in [0.1, 0.15) is 6.10 Å². The molecule has 2 atom stereocenters. The third-order valence-electron chi connectivity index (χ3n) is 6.16. The molecule has 0 radical (unpaired) electrons. The Hall–Kier alpha value is -1.78. The van der Waals surface area contributed by atoms with Crippen molar-refractivity contribution in [2.45, 2.75) is 132 Å². The maximum atomic E-state index is 10.4. The number of aromatic nitrogens is 2. The summed E-state index contributed by atoms with van der Waals surface area (Å²) in [6.07, 6.45) is 15.6. The zero-order valence-corrected chi connectivity index (χ0v) is 21.9. The van der Waals surface area contributed by atoms with Crippen LogP contribution in [0.3, 0.4) is 0 Å². The summed E-state index contributed by atoms with van der Waals surface area (Å²) in [5.41, 5.74) is 3.02. The molecule has 0 aromatic carbocycles. The van der Waals surface area contributed by atoms with Gasteiger partial charge in [0.05, 0.1) is 6.10 Å². The first-order chi connectivity index (χ1) is 15.4. The van der Waals surface area contributed by atoms with Gasteiger partial charge in [-0.1, -0.05) is 48.5 Å². The van der Waals surface area contributed by atoms with E-state index in [-0.39, 0.29) is 38.0 Å². The first-order valence-electron chi connectivity index (χ1n) is 12.8. The van der Waals surface area contributed by atoms with Gasteiger partial charge in [-0.05, 0) is 55.1 Å². The largest absolute Gasteiger partial charge is 0.393 e. The fourth-order valence-corrected chi connectivity index (χ4v) is 4.25. The first-order valence-corrected chi connectivity index (χ1v) is 12.8. The molecule has 4 heteroatoms. The average Bonchev–Trinajstić information content (AvgIpc) is 2.71. The maximum Gasteiger partial charge on any atom is 0.174 e. The molecule has 0 fully saturated rings. The van der Waals surface area contributed by atoms with E-state index in [4.69, 9.17) is 0 Å². The van der Waals surface area contributed by atoms with Gasteiger partial charge < -0.3 is 10.2 Å². The lowest BCUT2D eigenvalue weighted by Gasteiger charge is -2.22. The number of hydrogen-bond donors (Lipinski definition) is 2. The van der Waals surface area contributed by atoms with Crippen LogP contribution in [0.1, 0.15) is 106 Å². The van der Waals surface area contributed by atoms with Crippen molar-refractivity contribution < 1.29 is 19.3 Å². The molecule has 2 heterocycles. The summed E-state index contributed by atoms with van der Waals surface area (Å²) in [7, 11) is 0. The van der Waals surface area contributed by atoms with Gasteiger partial charge in [0.15, 0.2) is 36.9 Å². The van der Waals surface area contributed by atoms with Crippen LogP contribution in [0.2, 0.25) is 0 Å². The topological polar surface area (TPSA) is 48.2 Å². The van der Waals surface area contributed by atoms with E-state index in [2.05, 4.69) is 99.7 Å². The molecule has 2 rings (SSSR count). The third-order valence-corrected chi connectivity index (χ3v) is 6.16. The molecule has 2 N–H and O–H groups in total. The highest BCUT2D eigenvalue weighted by Crippen LogP contribution is 2.23. The van der Waals surface area contributed by atoms with E-state index in [0.29, 0.717) is 6.54 Å². The highest BCUT2D eigenvalue weighted by Gasteiger charge is 2.20. The number of aryl methyl sites for hydroxylation is 2. The van der Waals surface area contributed by atoms with Gasteiger partial charge >= 0.3 is 0 Å². The molecule has 200 valence electrons. The van der Waals surface area contributed by atoms with Gasteiger partial charge in [0.2, 0.25) is 0 Å². The van der Waals surface area contributed by atoms with E-state index < -0.39 is 0 Å². The normalized spacial score (nSPS) is 13.5. The predicted octanol–water partition coefficient (Wildman–Crippen LogP) is 6.18. The summed E-state index contributed by atoms with van der Waals surface area (Å²) in [6, 6.07) is 8.82.